The van der Waals surface area contributed by atoms with Crippen molar-refractivity contribution in [1.82, 2.24) is 4.98 Å². The molecule has 0 fully saturated rings. The van der Waals surface area contributed by atoms with E-state index in [9.17, 15) is 9.59 Å². The highest BCUT2D eigenvalue weighted by molar-refractivity contribution is 5.81. The Labute approximate surface area is 116 Å². The first-order valence-corrected chi connectivity index (χ1v) is 6.00. The highest BCUT2D eigenvalue weighted by Crippen LogP contribution is 2.20. The Morgan fingerprint density at radius 3 is 2.45 bits per heavy atom. The molecule has 1 aromatic carbocycles. The van der Waals surface area contributed by atoms with Crippen LogP contribution in [0.4, 0.5) is 0 Å². The van der Waals surface area contributed by atoms with Gasteiger partial charge >= 0.3 is 11.9 Å². The predicted molar refractivity (Wildman–Crippen MR) is 70.8 cm³/mol. The molecule has 20 heavy (non-hydrogen) atoms. The van der Waals surface area contributed by atoms with Crippen LogP contribution in [0.2, 0.25) is 0 Å². The number of ether oxygens (including phenoxy) is 2. The van der Waals surface area contributed by atoms with Gasteiger partial charge < -0.3 is 9.47 Å². The number of hydrogen-bond acceptors (Lipinski definition) is 5. The zero-order valence-electron chi connectivity index (χ0n) is 10.9. The fourth-order valence-corrected chi connectivity index (χ4v) is 1.61. The normalized spacial score (nSPS) is 11.4. The maximum Gasteiger partial charge on any atom is 0.357 e. The lowest BCUT2D eigenvalue weighted by atomic mass is 10.1. The Hall–Kier alpha value is -2.69. The lowest BCUT2D eigenvalue weighted by molar-refractivity contribution is -0.161. The number of hydrogen-bond donors (Lipinski definition) is 0. The number of esters is 2. The molecule has 0 spiro atoms. The molecule has 0 aliphatic heterocycles. The van der Waals surface area contributed by atoms with Crippen molar-refractivity contribution in [2.75, 3.05) is 0 Å². The fraction of sp³-hybridized carbons (Fsp3) is 0.133. The lowest BCUT2D eigenvalue weighted by Crippen LogP contribution is -2.23. The van der Waals surface area contributed by atoms with E-state index >= 15 is 0 Å². The average Bonchev–Trinajstić information content (AvgIpc) is 2.46. The van der Waals surface area contributed by atoms with Gasteiger partial charge in [-0.05, 0) is 18.2 Å². The molecule has 0 bridgehead atoms. The van der Waals surface area contributed by atoms with Crippen LogP contribution in [0.25, 0.3) is 0 Å². The van der Waals surface area contributed by atoms with E-state index in [1.165, 1.54) is 13.1 Å². The van der Waals surface area contributed by atoms with E-state index < -0.39 is 18.0 Å². The Morgan fingerprint density at radius 2 is 1.85 bits per heavy atom. The Morgan fingerprint density at radius 1 is 1.10 bits per heavy atom. The first-order valence-electron chi connectivity index (χ1n) is 6.00. The van der Waals surface area contributed by atoms with E-state index in [0.29, 0.717) is 11.3 Å². The molecule has 1 unspecified atom stereocenters. The van der Waals surface area contributed by atoms with Gasteiger partial charge in [0.1, 0.15) is 5.75 Å². The van der Waals surface area contributed by atoms with Crippen LogP contribution < -0.4 is 4.74 Å². The molecular formula is C15H13NO4. The number of carbonyl (C=O) groups excluding carboxylic acids is 2. The first-order chi connectivity index (χ1) is 9.66. The molecule has 0 amide bonds. The molecule has 0 saturated carbocycles. The molecule has 0 radical (unpaired) electrons. The van der Waals surface area contributed by atoms with Gasteiger partial charge in [0.15, 0.2) is 0 Å². The van der Waals surface area contributed by atoms with Gasteiger partial charge in [-0.25, -0.2) is 4.79 Å². The van der Waals surface area contributed by atoms with Gasteiger partial charge in [-0.2, -0.15) is 0 Å². The van der Waals surface area contributed by atoms with Crippen LogP contribution in [-0.4, -0.2) is 16.9 Å². The monoisotopic (exact) mass is 271 g/mol. The third-order valence-corrected chi connectivity index (χ3v) is 2.45. The summed E-state index contributed by atoms with van der Waals surface area (Å²) >= 11 is 0. The molecule has 0 aliphatic carbocycles. The van der Waals surface area contributed by atoms with Gasteiger partial charge in [-0.15, -0.1) is 0 Å². The summed E-state index contributed by atoms with van der Waals surface area (Å²) in [6, 6.07) is 11.9. The first kappa shape index (κ1) is 13.7. The van der Waals surface area contributed by atoms with Crippen molar-refractivity contribution in [3.63, 3.8) is 0 Å². The van der Waals surface area contributed by atoms with Gasteiger partial charge in [0, 0.05) is 24.9 Å². The molecule has 2 rings (SSSR count). The number of carbonyl (C=O) groups is 2. The molecule has 1 atom stereocenters. The lowest BCUT2D eigenvalue weighted by Gasteiger charge is -2.15. The second kappa shape index (κ2) is 6.47. The predicted octanol–water partition coefficient (Wildman–Crippen LogP) is 2.29. The average molecular weight is 271 g/mol. The van der Waals surface area contributed by atoms with Crippen molar-refractivity contribution >= 4 is 11.9 Å². The second-order valence-electron chi connectivity index (χ2n) is 4.01. The Kier molecular flexibility index (Phi) is 4.44. The number of benzene rings is 1. The summed E-state index contributed by atoms with van der Waals surface area (Å²) in [5.74, 6) is -0.846. The standard InChI is InChI=1S/C15H13NO4/c1-11(17)19-14(12-6-5-9-16-10-12)15(18)20-13-7-3-2-4-8-13/h2-10,14H,1H3. The molecule has 0 aliphatic rings. The number of para-hydroxylation sites is 1. The van der Waals surface area contributed by atoms with Crippen LogP contribution in [0.3, 0.4) is 0 Å². The smallest absolute Gasteiger partial charge is 0.357 e. The van der Waals surface area contributed by atoms with Crippen molar-refractivity contribution in [2.24, 2.45) is 0 Å². The maximum atomic E-state index is 12.1. The van der Waals surface area contributed by atoms with Crippen LogP contribution in [-0.2, 0) is 14.3 Å². The summed E-state index contributed by atoms with van der Waals surface area (Å²) in [5.41, 5.74) is 0.462. The zero-order valence-corrected chi connectivity index (χ0v) is 10.9. The zero-order chi connectivity index (χ0) is 14.4. The molecular weight excluding hydrogens is 258 g/mol. The van der Waals surface area contributed by atoms with E-state index in [1.54, 1.807) is 42.6 Å². The summed E-state index contributed by atoms with van der Waals surface area (Å²) < 4.78 is 10.2. The van der Waals surface area contributed by atoms with Crippen molar-refractivity contribution in [1.29, 1.82) is 0 Å². The van der Waals surface area contributed by atoms with Crippen molar-refractivity contribution in [3.8, 4) is 5.75 Å². The number of aromatic nitrogens is 1. The molecule has 0 saturated heterocycles. The van der Waals surface area contributed by atoms with E-state index in [0.717, 1.165) is 0 Å². The summed E-state index contributed by atoms with van der Waals surface area (Å²) in [4.78, 5) is 27.2. The minimum atomic E-state index is -1.12. The minimum absolute atomic E-state index is 0.388. The summed E-state index contributed by atoms with van der Waals surface area (Å²) in [7, 11) is 0. The second-order valence-corrected chi connectivity index (χ2v) is 4.01. The van der Waals surface area contributed by atoms with Gasteiger partial charge in [-0.3, -0.25) is 9.78 Å². The van der Waals surface area contributed by atoms with Crippen molar-refractivity contribution < 1.29 is 19.1 Å². The van der Waals surface area contributed by atoms with Crippen LogP contribution in [0.1, 0.15) is 18.6 Å². The molecule has 2 aromatic rings. The van der Waals surface area contributed by atoms with Crippen LogP contribution in [0, 0.1) is 0 Å². The molecule has 0 N–H and O–H groups in total. The summed E-state index contributed by atoms with van der Waals surface area (Å²) in [5, 5.41) is 0. The van der Waals surface area contributed by atoms with E-state index in [2.05, 4.69) is 4.98 Å². The van der Waals surface area contributed by atoms with Crippen LogP contribution >= 0.6 is 0 Å². The topological polar surface area (TPSA) is 65.5 Å². The van der Waals surface area contributed by atoms with Crippen molar-refractivity contribution in [3.05, 3.63) is 60.4 Å². The Bertz CT molecular complexity index is 583. The third kappa shape index (κ3) is 3.65. The largest absolute Gasteiger partial charge is 0.445 e. The van der Waals surface area contributed by atoms with E-state index in [1.807, 2.05) is 6.07 Å². The van der Waals surface area contributed by atoms with E-state index in [-0.39, 0.29) is 0 Å². The van der Waals surface area contributed by atoms with Gasteiger partial charge in [0.05, 0.1) is 0 Å². The van der Waals surface area contributed by atoms with Gasteiger partial charge in [0.25, 0.3) is 0 Å². The highest BCUT2D eigenvalue weighted by atomic mass is 16.6. The Balaban J connectivity index is 2.18. The van der Waals surface area contributed by atoms with E-state index in [4.69, 9.17) is 9.47 Å². The van der Waals surface area contributed by atoms with Crippen molar-refractivity contribution in [2.45, 2.75) is 13.0 Å². The molecule has 1 aromatic heterocycles. The molecule has 1 heterocycles. The third-order valence-electron chi connectivity index (χ3n) is 2.45. The summed E-state index contributed by atoms with van der Waals surface area (Å²) in [6.07, 6.45) is 1.90. The number of pyridine rings is 1. The fourth-order valence-electron chi connectivity index (χ4n) is 1.61. The molecule has 102 valence electrons. The van der Waals surface area contributed by atoms with Crippen LogP contribution in [0.15, 0.2) is 54.9 Å². The highest BCUT2D eigenvalue weighted by Gasteiger charge is 2.26. The number of nitrogens with zero attached hydrogens (tertiary/aromatic N) is 1. The quantitative estimate of drug-likeness (QED) is 0.630. The summed E-state index contributed by atoms with van der Waals surface area (Å²) in [6.45, 7) is 1.24. The molecule has 5 heteroatoms. The van der Waals surface area contributed by atoms with Gasteiger partial charge in [-0.1, -0.05) is 24.3 Å². The van der Waals surface area contributed by atoms with Gasteiger partial charge in [0.2, 0.25) is 6.10 Å². The maximum absolute atomic E-state index is 12.1. The SMILES string of the molecule is CC(=O)OC(C(=O)Oc1ccccc1)c1cccnc1. The minimum Gasteiger partial charge on any atom is -0.445 e. The number of rotatable bonds is 4. The molecule has 5 nitrogen and oxygen atoms in total. The van der Waals surface area contributed by atoms with Crippen LogP contribution in [0.5, 0.6) is 5.75 Å².